The molecular formula is C17H20N2O4. The number of piperidine rings is 1. The van der Waals surface area contributed by atoms with Gasteiger partial charge in [-0.15, -0.1) is 0 Å². The maximum absolute atomic E-state index is 12.8. The number of hydrogen-bond acceptors (Lipinski definition) is 4. The molecule has 2 fully saturated rings. The van der Waals surface area contributed by atoms with Crippen molar-refractivity contribution in [2.45, 2.75) is 33.6 Å². The van der Waals surface area contributed by atoms with Crippen LogP contribution in [0.1, 0.15) is 44.0 Å². The molecule has 0 aromatic heterocycles. The number of carbonyl (C=O) groups excluding carboxylic acids is 3. The molecule has 1 saturated heterocycles. The lowest BCUT2D eigenvalue weighted by Crippen LogP contribution is -2.63. The predicted molar refractivity (Wildman–Crippen MR) is 82.0 cm³/mol. The molecular weight excluding hydrogens is 296 g/mol. The largest absolute Gasteiger partial charge is 0.508 e. The average Bonchev–Trinajstić information content (AvgIpc) is 2.69. The summed E-state index contributed by atoms with van der Waals surface area (Å²) in [5.41, 5.74) is 1.63. The molecule has 122 valence electrons. The van der Waals surface area contributed by atoms with Crippen LogP contribution in [-0.4, -0.2) is 27.8 Å². The van der Waals surface area contributed by atoms with Crippen molar-refractivity contribution >= 4 is 17.7 Å². The summed E-state index contributed by atoms with van der Waals surface area (Å²) in [4.78, 5) is 37.7. The summed E-state index contributed by atoms with van der Waals surface area (Å²) >= 11 is 0. The second kappa shape index (κ2) is 4.81. The average molecular weight is 316 g/mol. The van der Waals surface area contributed by atoms with Crippen LogP contribution in [0.5, 0.6) is 5.75 Å². The van der Waals surface area contributed by atoms with Gasteiger partial charge in [-0.25, -0.2) is 0 Å². The van der Waals surface area contributed by atoms with Gasteiger partial charge in [0.1, 0.15) is 5.75 Å². The summed E-state index contributed by atoms with van der Waals surface area (Å²) in [6.45, 7) is 5.75. The first-order valence-electron chi connectivity index (χ1n) is 7.67. The van der Waals surface area contributed by atoms with E-state index in [1.807, 2.05) is 20.8 Å². The first-order chi connectivity index (χ1) is 10.7. The van der Waals surface area contributed by atoms with Crippen molar-refractivity contribution in [3.63, 3.8) is 0 Å². The number of hydrazine groups is 1. The van der Waals surface area contributed by atoms with E-state index < -0.39 is 16.7 Å². The zero-order valence-corrected chi connectivity index (χ0v) is 13.4. The predicted octanol–water partition coefficient (Wildman–Crippen LogP) is 1.85. The number of hydrogen-bond donors (Lipinski definition) is 2. The van der Waals surface area contributed by atoms with Crippen LogP contribution in [-0.2, 0) is 9.59 Å². The quantitative estimate of drug-likeness (QED) is 0.815. The molecule has 1 heterocycles. The molecule has 2 atom stereocenters. The van der Waals surface area contributed by atoms with Crippen LogP contribution < -0.4 is 5.43 Å². The molecule has 1 aliphatic heterocycles. The van der Waals surface area contributed by atoms with E-state index in [1.54, 1.807) is 0 Å². The van der Waals surface area contributed by atoms with E-state index >= 15 is 0 Å². The Balaban J connectivity index is 1.87. The van der Waals surface area contributed by atoms with Gasteiger partial charge in [0.25, 0.3) is 17.7 Å². The Morgan fingerprint density at radius 3 is 2.43 bits per heavy atom. The van der Waals surface area contributed by atoms with Gasteiger partial charge < -0.3 is 5.11 Å². The number of amides is 3. The SMILES string of the molecule is CC1(C)[C@H]2CC[C@@]1(C)C(=O)N(NC(=O)c1ccc(O)cc1)C2=O. The lowest BCUT2D eigenvalue weighted by atomic mass is 9.63. The van der Waals surface area contributed by atoms with Gasteiger partial charge in [-0.2, -0.15) is 5.01 Å². The normalized spacial score (nSPS) is 28.8. The Bertz CT molecular complexity index is 695. The summed E-state index contributed by atoms with van der Waals surface area (Å²) < 4.78 is 0. The molecule has 1 saturated carbocycles. The fourth-order valence-electron chi connectivity index (χ4n) is 3.70. The van der Waals surface area contributed by atoms with Crippen molar-refractivity contribution in [1.82, 2.24) is 10.4 Å². The summed E-state index contributed by atoms with van der Waals surface area (Å²) in [5, 5.41) is 10.1. The third kappa shape index (κ3) is 2.04. The Morgan fingerprint density at radius 2 is 1.83 bits per heavy atom. The molecule has 1 aromatic carbocycles. The van der Waals surface area contributed by atoms with Crippen molar-refractivity contribution in [2.24, 2.45) is 16.7 Å². The van der Waals surface area contributed by atoms with Gasteiger partial charge in [0.2, 0.25) is 0 Å². The highest BCUT2D eigenvalue weighted by atomic mass is 16.3. The number of benzene rings is 1. The number of nitrogens with zero attached hydrogens (tertiary/aromatic N) is 1. The van der Waals surface area contributed by atoms with Crippen LogP contribution in [0.4, 0.5) is 0 Å². The van der Waals surface area contributed by atoms with E-state index in [0.29, 0.717) is 12.8 Å². The summed E-state index contributed by atoms with van der Waals surface area (Å²) in [6.07, 6.45) is 1.29. The minimum atomic E-state index is -0.659. The van der Waals surface area contributed by atoms with Gasteiger partial charge in [0.05, 0.1) is 5.41 Å². The summed E-state index contributed by atoms with van der Waals surface area (Å²) in [7, 11) is 0. The molecule has 2 bridgehead atoms. The van der Waals surface area contributed by atoms with Gasteiger partial charge in [-0.05, 0) is 42.5 Å². The van der Waals surface area contributed by atoms with Crippen molar-refractivity contribution in [3.05, 3.63) is 29.8 Å². The molecule has 1 aromatic rings. The highest BCUT2D eigenvalue weighted by molar-refractivity contribution is 6.06. The highest BCUT2D eigenvalue weighted by Gasteiger charge is 2.64. The number of phenols is 1. The molecule has 6 heteroatoms. The third-order valence-corrected chi connectivity index (χ3v) is 5.76. The van der Waals surface area contributed by atoms with Crippen molar-refractivity contribution in [1.29, 1.82) is 0 Å². The Hall–Kier alpha value is -2.37. The van der Waals surface area contributed by atoms with E-state index in [9.17, 15) is 19.5 Å². The van der Waals surface area contributed by atoms with Crippen molar-refractivity contribution in [2.75, 3.05) is 0 Å². The van der Waals surface area contributed by atoms with Gasteiger partial charge >= 0.3 is 0 Å². The second-order valence-electron chi connectivity index (χ2n) is 7.11. The first-order valence-corrected chi connectivity index (χ1v) is 7.67. The number of fused-ring (bicyclic) bond motifs is 2. The van der Waals surface area contributed by atoms with Crippen LogP contribution in [0.25, 0.3) is 0 Å². The van der Waals surface area contributed by atoms with E-state index in [4.69, 9.17) is 0 Å². The number of phenolic OH excluding ortho intramolecular Hbond substituents is 1. The van der Waals surface area contributed by atoms with E-state index in [1.165, 1.54) is 24.3 Å². The molecule has 1 aliphatic carbocycles. The smallest absolute Gasteiger partial charge is 0.270 e. The Kier molecular flexibility index (Phi) is 3.25. The zero-order valence-electron chi connectivity index (χ0n) is 13.4. The maximum Gasteiger partial charge on any atom is 0.270 e. The molecule has 2 aliphatic rings. The van der Waals surface area contributed by atoms with Gasteiger partial charge in [-0.1, -0.05) is 20.8 Å². The maximum atomic E-state index is 12.8. The molecule has 2 N–H and O–H groups in total. The fourth-order valence-corrected chi connectivity index (χ4v) is 3.70. The second-order valence-corrected chi connectivity index (χ2v) is 7.11. The van der Waals surface area contributed by atoms with Crippen LogP contribution in [0.2, 0.25) is 0 Å². The first kappa shape index (κ1) is 15.5. The number of rotatable bonds is 2. The van der Waals surface area contributed by atoms with Gasteiger partial charge in [-0.3, -0.25) is 19.8 Å². The Labute approximate surface area is 134 Å². The molecule has 23 heavy (non-hydrogen) atoms. The van der Waals surface area contributed by atoms with Crippen LogP contribution >= 0.6 is 0 Å². The molecule has 0 unspecified atom stereocenters. The standard InChI is InChI=1S/C17H20N2O4/c1-16(2)12-8-9-17(16,3)15(23)19(14(12)22)18-13(21)10-4-6-11(20)7-5-10/h4-7,12,20H,8-9H2,1-3H3,(H,18,21)/t12-,17-/m0/s1. The number of nitrogens with one attached hydrogen (secondary N) is 1. The van der Waals surface area contributed by atoms with Crippen LogP contribution in [0, 0.1) is 16.7 Å². The monoisotopic (exact) mass is 316 g/mol. The lowest BCUT2D eigenvalue weighted by molar-refractivity contribution is -0.171. The number of imide groups is 1. The zero-order chi connectivity index (χ0) is 17.0. The minimum Gasteiger partial charge on any atom is -0.508 e. The number of carbonyl (C=O) groups is 3. The lowest BCUT2D eigenvalue weighted by Gasteiger charge is -2.47. The van der Waals surface area contributed by atoms with Gasteiger partial charge in [0.15, 0.2) is 0 Å². The summed E-state index contributed by atoms with van der Waals surface area (Å²) in [6, 6.07) is 5.62. The molecule has 3 amide bonds. The highest BCUT2D eigenvalue weighted by Crippen LogP contribution is 2.59. The van der Waals surface area contributed by atoms with Gasteiger partial charge in [0, 0.05) is 11.5 Å². The third-order valence-electron chi connectivity index (χ3n) is 5.76. The molecule has 0 spiro atoms. The van der Waals surface area contributed by atoms with Crippen LogP contribution in [0.15, 0.2) is 24.3 Å². The fraction of sp³-hybridized carbons (Fsp3) is 0.471. The van der Waals surface area contributed by atoms with E-state index in [-0.39, 0.29) is 29.0 Å². The van der Waals surface area contributed by atoms with Crippen molar-refractivity contribution < 1.29 is 19.5 Å². The molecule has 3 rings (SSSR count). The molecule has 6 nitrogen and oxygen atoms in total. The van der Waals surface area contributed by atoms with Crippen LogP contribution in [0.3, 0.4) is 0 Å². The van der Waals surface area contributed by atoms with E-state index in [2.05, 4.69) is 5.43 Å². The summed E-state index contributed by atoms with van der Waals surface area (Å²) in [5.74, 6) is -1.48. The van der Waals surface area contributed by atoms with E-state index in [0.717, 1.165) is 5.01 Å². The topological polar surface area (TPSA) is 86.7 Å². The number of aromatic hydroxyl groups is 1. The Morgan fingerprint density at radius 1 is 1.22 bits per heavy atom. The molecule has 0 radical (unpaired) electrons. The minimum absolute atomic E-state index is 0.0407. The van der Waals surface area contributed by atoms with Crippen molar-refractivity contribution in [3.8, 4) is 5.75 Å².